The van der Waals surface area contributed by atoms with Gasteiger partial charge in [-0.1, -0.05) is 32.9 Å². The van der Waals surface area contributed by atoms with Crippen LogP contribution in [-0.4, -0.2) is 0 Å². The number of hydrogen-bond donors (Lipinski definition) is 0. The number of nitriles is 1. The Morgan fingerprint density at radius 1 is 1.25 bits per heavy atom. The molecule has 0 bridgehead atoms. The maximum Gasteiger partial charge on any atom is 0.0991 e. The average Bonchev–Trinajstić information content (AvgIpc) is 2.14. The third-order valence-corrected chi connectivity index (χ3v) is 1.49. The number of benzene rings is 1. The van der Waals surface area contributed by atoms with E-state index in [-0.39, 0.29) is 29.7 Å². The van der Waals surface area contributed by atoms with Crippen LogP contribution in [0.2, 0.25) is 0 Å². The Morgan fingerprint density at radius 2 is 1.75 bits per heavy atom. The standard InChI is InChI=1S/C11H13N/c1-11(2,3)10-6-4-9(8-12)5-7-10/h4-7H,1-3H3/i4D,5D,6D,7D. The first-order valence-electron chi connectivity index (χ1n) is 5.72. The molecule has 1 rings (SSSR count). The average molecular weight is 163 g/mol. The molecule has 0 amide bonds. The van der Waals surface area contributed by atoms with Crippen LogP contribution in [0.1, 0.15) is 37.4 Å². The summed E-state index contributed by atoms with van der Waals surface area (Å²) in [6, 6.07) is 0.956. The zero-order chi connectivity index (χ0) is 12.7. The van der Waals surface area contributed by atoms with E-state index >= 15 is 0 Å². The minimum Gasteiger partial charge on any atom is -0.192 e. The highest BCUT2D eigenvalue weighted by Gasteiger charge is 2.12. The van der Waals surface area contributed by atoms with E-state index in [1.807, 2.05) is 20.8 Å². The minimum atomic E-state index is -0.478. The first kappa shape index (κ1) is 4.67. The number of hydrogen-bond acceptors (Lipinski definition) is 1. The van der Waals surface area contributed by atoms with Gasteiger partial charge in [0.1, 0.15) is 0 Å². The van der Waals surface area contributed by atoms with Crippen molar-refractivity contribution in [1.29, 1.82) is 5.26 Å². The summed E-state index contributed by atoms with van der Waals surface area (Å²) in [5, 5.41) is 8.79. The summed E-state index contributed by atoms with van der Waals surface area (Å²) in [5.41, 5.74) is -0.321. The first-order chi connectivity index (χ1) is 7.21. The fraction of sp³-hybridized carbons (Fsp3) is 0.364. The highest BCUT2D eigenvalue weighted by atomic mass is 14.2. The van der Waals surface area contributed by atoms with Gasteiger partial charge in [0.15, 0.2) is 0 Å². The molecule has 0 saturated carbocycles. The van der Waals surface area contributed by atoms with Crippen LogP contribution in [0, 0.1) is 11.3 Å². The summed E-state index contributed by atoms with van der Waals surface area (Å²) in [7, 11) is 0. The molecular formula is C11H13N. The Kier molecular flexibility index (Phi) is 1.16. The molecule has 0 heterocycles. The SMILES string of the molecule is [2H]c1c([2H])c(C(C)(C)C)c([2H])c([2H])c1C#N. The lowest BCUT2D eigenvalue weighted by Crippen LogP contribution is -2.10. The molecule has 0 fully saturated rings. The van der Waals surface area contributed by atoms with E-state index in [2.05, 4.69) is 0 Å². The van der Waals surface area contributed by atoms with Gasteiger partial charge in [0.05, 0.1) is 17.1 Å². The van der Waals surface area contributed by atoms with Crippen LogP contribution in [0.5, 0.6) is 0 Å². The Balaban J connectivity index is 3.76. The van der Waals surface area contributed by atoms with Gasteiger partial charge in [-0.2, -0.15) is 5.26 Å². The molecule has 0 aromatic heterocycles. The summed E-state index contributed by atoms with van der Waals surface area (Å²) in [6.07, 6.45) is 0. The van der Waals surface area contributed by atoms with Crippen molar-refractivity contribution in [1.82, 2.24) is 0 Å². The van der Waals surface area contributed by atoms with Gasteiger partial charge in [0, 0.05) is 0 Å². The largest absolute Gasteiger partial charge is 0.192 e. The predicted octanol–water partition coefficient (Wildman–Crippen LogP) is 2.86. The second-order valence-electron chi connectivity index (χ2n) is 3.61. The van der Waals surface area contributed by atoms with Crippen LogP contribution in [-0.2, 0) is 5.41 Å². The van der Waals surface area contributed by atoms with Gasteiger partial charge in [-0.15, -0.1) is 0 Å². The highest BCUT2D eigenvalue weighted by Crippen LogP contribution is 2.21. The van der Waals surface area contributed by atoms with E-state index in [1.54, 1.807) is 6.07 Å². The molecule has 1 nitrogen and oxygen atoms in total. The second kappa shape index (κ2) is 2.98. The van der Waals surface area contributed by atoms with Crippen LogP contribution >= 0.6 is 0 Å². The van der Waals surface area contributed by atoms with E-state index in [9.17, 15) is 0 Å². The zero-order valence-electron chi connectivity index (χ0n) is 11.4. The van der Waals surface area contributed by atoms with Crippen molar-refractivity contribution in [3.63, 3.8) is 0 Å². The summed E-state index contributed by atoms with van der Waals surface area (Å²) < 4.78 is 30.9. The molecule has 12 heavy (non-hydrogen) atoms. The predicted molar refractivity (Wildman–Crippen MR) is 49.9 cm³/mol. The van der Waals surface area contributed by atoms with E-state index in [0.29, 0.717) is 5.56 Å². The summed E-state index contributed by atoms with van der Waals surface area (Å²) >= 11 is 0. The van der Waals surface area contributed by atoms with Gasteiger partial charge in [-0.25, -0.2) is 0 Å². The van der Waals surface area contributed by atoms with Gasteiger partial charge in [0.2, 0.25) is 0 Å². The van der Waals surface area contributed by atoms with Crippen LogP contribution in [0.3, 0.4) is 0 Å². The fourth-order valence-corrected chi connectivity index (χ4v) is 0.743. The third-order valence-electron chi connectivity index (χ3n) is 1.49. The van der Waals surface area contributed by atoms with Crippen LogP contribution in [0.25, 0.3) is 0 Å². The quantitative estimate of drug-likeness (QED) is 0.577. The minimum absolute atomic E-state index is 0.120. The molecule has 0 aliphatic heterocycles. The molecule has 0 aliphatic rings. The fourth-order valence-electron chi connectivity index (χ4n) is 0.743. The molecule has 0 saturated heterocycles. The van der Waals surface area contributed by atoms with Gasteiger partial charge < -0.3 is 0 Å². The molecule has 1 aromatic carbocycles. The Hall–Kier alpha value is -1.29. The first-order valence-corrected chi connectivity index (χ1v) is 3.72. The zero-order valence-corrected chi connectivity index (χ0v) is 7.45. The molecule has 1 aromatic rings. The van der Waals surface area contributed by atoms with Gasteiger partial charge in [-0.3, -0.25) is 0 Å². The monoisotopic (exact) mass is 163 g/mol. The summed E-state index contributed by atoms with van der Waals surface area (Å²) in [6.45, 7) is 5.47. The van der Waals surface area contributed by atoms with E-state index in [4.69, 9.17) is 10.7 Å². The topological polar surface area (TPSA) is 23.8 Å². The molecule has 0 N–H and O–H groups in total. The van der Waals surface area contributed by atoms with E-state index < -0.39 is 5.41 Å². The van der Waals surface area contributed by atoms with Crippen LogP contribution in [0.15, 0.2) is 24.2 Å². The Labute approximate surface area is 79.3 Å². The summed E-state index contributed by atoms with van der Waals surface area (Å²) in [5.74, 6) is 0. The molecule has 0 atom stereocenters. The lowest BCUT2D eigenvalue weighted by atomic mass is 9.87. The van der Waals surface area contributed by atoms with Crippen molar-refractivity contribution in [2.24, 2.45) is 0 Å². The smallest absolute Gasteiger partial charge is 0.0991 e. The molecule has 0 unspecified atom stereocenters. The van der Waals surface area contributed by atoms with Crippen molar-refractivity contribution in [2.45, 2.75) is 26.2 Å². The van der Waals surface area contributed by atoms with Crippen LogP contribution < -0.4 is 0 Å². The maximum atomic E-state index is 8.79. The molecule has 0 radical (unpaired) electrons. The maximum absolute atomic E-state index is 8.79. The highest BCUT2D eigenvalue weighted by molar-refractivity contribution is 5.34. The van der Waals surface area contributed by atoms with Gasteiger partial charge >= 0.3 is 0 Å². The summed E-state index contributed by atoms with van der Waals surface area (Å²) in [4.78, 5) is 0. The normalized spacial score (nSPS) is 15.5. The molecule has 0 spiro atoms. The number of rotatable bonds is 0. The number of nitrogens with zero attached hydrogens (tertiary/aromatic N) is 1. The molecule has 62 valence electrons. The van der Waals surface area contributed by atoms with Crippen molar-refractivity contribution in [3.05, 3.63) is 35.3 Å². The lowest BCUT2D eigenvalue weighted by Gasteiger charge is -2.18. The van der Waals surface area contributed by atoms with Gasteiger partial charge in [-0.05, 0) is 23.1 Å². The lowest BCUT2D eigenvalue weighted by molar-refractivity contribution is 0.590. The van der Waals surface area contributed by atoms with Gasteiger partial charge in [0.25, 0.3) is 0 Å². The third kappa shape index (κ3) is 1.85. The van der Waals surface area contributed by atoms with Crippen molar-refractivity contribution >= 4 is 0 Å². The molecule has 1 heteroatoms. The molecule has 0 aliphatic carbocycles. The van der Waals surface area contributed by atoms with Crippen LogP contribution in [0.4, 0.5) is 0 Å². The Morgan fingerprint density at radius 3 is 2.08 bits per heavy atom. The van der Waals surface area contributed by atoms with Crippen molar-refractivity contribution in [2.75, 3.05) is 0 Å². The second-order valence-corrected chi connectivity index (χ2v) is 3.61. The van der Waals surface area contributed by atoms with Crippen molar-refractivity contribution < 1.29 is 5.48 Å². The molecular weight excluding hydrogens is 146 g/mol. The van der Waals surface area contributed by atoms with Crippen molar-refractivity contribution in [3.8, 4) is 6.07 Å². The Bertz CT molecular complexity index is 451. The van der Waals surface area contributed by atoms with E-state index in [0.717, 1.165) is 0 Å². The van der Waals surface area contributed by atoms with E-state index in [1.165, 1.54) is 0 Å².